The first-order chi connectivity index (χ1) is 30.3. The predicted octanol–water partition coefficient (Wildman–Crippen LogP) is 5.79. The average molecular weight is 900 g/mol. The van der Waals surface area contributed by atoms with Gasteiger partial charge in [0, 0.05) is 58.5 Å². The molecule has 360 valence electrons. The van der Waals surface area contributed by atoms with Crippen LogP contribution in [0.15, 0.2) is 48.1 Å². The van der Waals surface area contributed by atoms with Gasteiger partial charge in [-0.3, -0.25) is 19.2 Å². The van der Waals surface area contributed by atoms with Crippen LogP contribution >= 0.6 is 0 Å². The number of cyclic esters (lactones) is 1. The molecule has 3 N–H and O–H groups in total. The van der Waals surface area contributed by atoms with Crippen molar-refractivity contribution in [1.29, 1.82) is 0 Å². The number of amides is 1. The number of allylic oxidation sites excluding steroid dienone is 6. The van der Waals surface area contributed by atoms with E-state index >= 15 is 0 Å². The van der Waals surface area contributed by atoms with Gasteiger partial charge >= 0.3 is 5.97 Å². The van der Waals surface area contributed by atoms with E-state index in [1.165, 1.54) is 24.2 Å². The lowest BCUT2D eigenvalue weighted by Gasteiger charge is -2.42. The molecular formula is C50H77NO13. The zero-order valence-corrected chi connectivity index (χ0v) is 39.7. The third-order valence-electron chi connectivity index (χ3n) is 14.1. The molecule has 14 heteroatoms. The van der Waals surface area contributed by atoms with E-state index in [4.69, 9.17) is 23.7 Å². The summed E-state index contributed by atoms with van der Waals surface area (Å²) in [4.78, 5) is 71.4. The van der Waals surface area contributed by atoms with Crippen LogP contribution in [0.25, 0.3) is 0 Å². The fourth-order valence-electron chi connectivity index (χ4n) is 9.80. The number of hydrogen-bond donors (Lipinski definition) is 3. The molecule has 2 bridgehead atoms. The molecule has 3 aliphatic heterocycles. The van der Waals surface area contributed by atoms with Gasteiger partial charge in [0.15, 0.2) is 5.78 Å². The van der Waals surface area contributed by atoms with Crippen molar-refractivity contribution in [3.63, 3.8) is 0 Å². The quantitative estimate of drug-likeness (QED) is 0.165. The molecule has 0 spiro atoms. The number of methoxy groups -OCH3 is 3. The minimum Gasteiger partial charge on any atom is -0.460 e. The first-order valence-electron chi connectivity index (χ1n) is 23.5. The van der Waals surface area contributed by atoms with E-state index in [1.54, 1.807) is 35.0 Å². The van der Waals surface area contributed by atoms with E-state index in [2.05, 4.69) is 0 Å². The number of hydrogen-bond acceptors (Lipinski definition) is 13. The van der Waals surface area contributed by atoms with Gasteiger partial charge in [-0.15, -0.1) is 0 Å². The van der Waals surface area contributed by atoms with E-state index < -0.39 is 83.9 Å². The Balaban J connectivity index is 1.68. The van der Waals surface area contributed by atoms with Crippen LogP contribution in [0.2, 0.25) is 0 Å². The number of nitrogens with zero attached hydrogens (tertiary/aromatic N) is 1. The predicted molar refractivity (Wildman–Crippen MR) is 241 cm³/mol. The molecule has 4 rings (SSSR count). The van der Waals surface area contributed by atoms with Gasteiger partial charge in [0.1, 0.15) is 30.1 Å². The summed E-state index contributed by atoms with van der Waals surface area (Å²) in [7, 11) is 4.50. The number of aliphatic hydroxyl groups excluding tert-OH is 2. The molecule has 2 unspecified atom stereocenters. The lowest BCUT2D eigenvalue weighted by Crippen LogP contribution is -2.61. The highest BCUT2D eigenvalue weighted by Gasteiger charge is 2.53. The van der Waals surface area contributed by atoms with E-state index in [-0.39, 0.29) is 54.8 Å². The maximum Gasteiger partial charge on any atom is 0.329 e. The summed E-state index contributed by atoms with van der Waals surface area (Å²) in [5, 5.41) is 33.5. The van der Waals surface area contributed by atoms with E-state index in [9.17, 15) is 39.3 Å². The van der Waals surface area contributed by atoms with Gasteiger partial charge in [-0.2, -0.15) is 0 Å². The number of carbonyl (C=O) groups excluding carboxylic acids is 5. The molecule has 4 aliphatic rings. The number of aliphatic hydroxyl groups is 3. The summed E-state index contributed by atoms with van der Waals surface area (Å²) in [6, 6.07) is -1.14. The standard InChI is InChI=1S/C50H77NO13/c1-30-15-11-10-12-16-32(3)42(60-7)28-37-21-19-35(6)50(59,64-37)47(56)48(57)51-24-14-13-17-38(51)49(58)63-43(33(4)26-36-20-23-39(52)44(27-36)61-8)29-41(54)31(2)18-22-40(53)46(62-9)45(55)34(5)25-30/h10-12,15-16,18,22,30-31,33-40,42-44,46,52-53,59H,13-14,17,19-21,23-29H2,1-9H3/b12-10?,15-11+,22-18+,32-16?/t30-,31-,33-,34-,35-,36?,37+,38?,39-,40-,42+,43+,44-,46-,50-/m1/s1. The van der Waals surface area contributed by atoms with Crippen LogP contribution in [0.4, 0.5) is 0 Å². The van der Waals surface area contributed by atoms with Gasteiger partial charge in [0.05, 0.1) is 24.4 Å². The minimum absolute atomic E-state index is 0.0229. The lowest BCUT2D eigenvalue weighted by atomic mass is 9.78. The molecule has 0 radical (unpaired) electrons. The van der Waals surface area contributed by atoms with Crippen molar-refractivity contribution < 1.29 is 63.0 Å². The minimum atomic E-state index is -2.43. The summed E-state index contributed by atoms with van der Waals surface area (Å²) >= 11 is 0. The third-order valence-corrected chi connectivity index (χ3v) is 14.1. The second kappa shape index (κ2) is 25.0. The van der Waals surface area contributed by atoms with Crippen LogP contribution in [0.1, 0.15) is 119 Å². The molecule has 1 amide bonds. The molecule has 3 fully saturated rings. The normalized spacial score (nSPS) is 39.1. The molecule has 1 saturated carbocycles. The number of piperidine rings is 1. The Morgan fingerprint density at radius 3 is 2.27 bits per heavy atom. The summed E-state index contributed by atoms with van der Waals surface area (Å²) in [6.07, 6.45) is 12.5. The van der Waals surface area contributed by atoms with E-state index in [0.717, 1.165) is 12.0 Å². The van der Waals surface area contributed by atoms with Crippen LogP contribution in [-0.2, 0) is 47.7 Å². The number of ketones is 3. The number of esters is 1. The number of carbonyl (C=O) groups is 5. The van der Waals surface area contributed by atoms with Crippen molar-refractivity contribution in [2.45, 2.75) is 173 Å². The molecule has 1 aliphatic carbocycles. The van der Waals surface area contributed by atoms with Crippen molar-refractivity contribution in [3.8, 4) is 0 Å². The van der Waals surface area contributed by atoms with Gasteiger partial charge in [-0.25, -0.2) is 4.79 Å². The second-order valence-corrected chi connectivity index (χ2v) is 19.1. The van der Waals surface area contributed by atoms with Crippen molar-refractivity contribution in [3.05, 3.63) is 48.1 Å². The third kappa shape index (κ3) is 14.1. The van der Waals surface area contributed by atoms with Crippen molar-refractivity contribution >= 4 is 29.2 Å². The van der Waals surface area contributed by atoms with Crippen LogP contribution in [0.3, 0.4) is 0 Å². The number of ether oxygens (including phenoxy) is 5. The summed E-state index contributed by atoms with van der Waals surface area (Å²) in [5.74, 6) is -7.95. The number of fused-ring (bicyclic) bond motifs is 3. The van der Waals surface area contributed by atoms with Gasteiger partial charge in [0.2, 0.25) is 5.79 Å². The number of rotatable bonds is 6. The average Bonchev–Trinajstić information content (AvgIpc) is 3.27. The zero-order chi connectivity index (χ0) is 47.3. The highest BCUT2D eigenvalue weighted by Crippen LogP contribution is 2.37. The van der Waals surface area contributed by atoms with Gasteiger partial charge in [-0.05, 0) is 94.5 Å². The van der Waals surface area contributed by atoms with Crippen molar-refractivity contribution in [2.75, 3.05) is 27.9 Å². The Morgan fingerprint density at radius 2 is 1.58 bits per heavy atom. The fourth-order valence-corrected chi connectivity index (χ4v) is 9.80. The van der Waals surface area contributed by atoms with Gasteiger partial charge in [0.25, 0.3) is 11.7 Å². The van der Waals surface area contributed by atoms with E-state index in [1.807, 2.05) is 51.2 Å². The summed E-state index contributed by atoms with van der Waals surface area (Å²) < 4.78 is 29.2. The highest BCUT2D eigenvalue weighted by atomic mass is 16.6. The van der Waals surface area contributed by atoms with Gasteiger partial charge < -0.3 is 43.9 Å². The molecule has 0 aromatic rings. The summed E-state index contributed by atoms with van der Waals surface area (Å²) in [6.45, 7) is 11.0. The Kier molecular flexibility index (Phi) is 20.8. The maximum atomic E-state index is 14.3. The second-order valence-electron chi connectivity index (χ2n) is 19.1. The Labute approximate surface area is 380 Å². The number of Topliss-reactive ketones (excluding diaryl/α,β-unsaturated/α-hetero) is 3. The molecule has 2 saturated heterocycles. The molecule has 0 aromatic heterocycles. The Bertz CT molecular complexity index is 1710. The van der Waals surface area contributed by atoms with Crippen molar-refractivity contribution in [1.82, 2.24) is 4.90 Å². The monoisotopic (exact) mass is 900 g/mol. The van der Waals surface area contributed by atoms with Gasteiger partial charge in [-0.1, -0.05) is 77.2 Å². The molecule has 0 aromatic carbocycles. The Morgan fingerprint density at radius 1 is 0.844 bits per heavy atom. The molecule has 3 heterocycles. The zero-order valence-electron chi connectivity index (χ0n) is 39.7. The largest absolute Gasteiger partial charge is 0.460 e. The molecule has 15 atom stereocenters. The SMILES string of the molecule is CO[C@H]1C[C@@H]2CC[C@@H](C)[C@@](O)(O2)C(=O)C(=O)N2CCCCC2C(=O)O[C@H]([C@H](C)CC2CC[C@@H](O)[C@H](OC)C2)CC(=O)[C@H](C)/C=C/[C@@H](O)[C@@H](OC)C(=O)[C@H](C)C[C@H](C)/C=C/C=CC=C1C. The van der Waals surface area contributed by atoms with E-state index in [0.29, 0.717) is 57.8 Å². The molecular weight excluding hydrogens is 823 g/mol. The van der Waals surface area contributed by atoms with Crippen LogP contribution in [0.5, 0.6) is 0 Å². The van der Waals surface area contributed by atoms with Crippen LogP contribution in [0, 0.1) is 35.5 Å². The summed E-state index contributed by atoms with van der Waals surface area (Å²) in [5.41, 5.74) is 0.879. The lowest BCUT2D eigenvalue weighted by molar-refractivity contribution is -0.265. The van der Waals surface area contributed by atoms with Crippen LogP contribution in [-0.4, -0.2) is 132 Å². The molecule has 14 nitrogen and oxygen atoms in total. The van der Waals surface area contributed by atoms with Crippen LogP contribution < -0.4 is 0 Å². The first-order valence-corrected chi connectivity index (χ1v) is 23.5. The maximum absolute atomic E-state index is 14.3. The Hall–Kier alpha value is -3.37. The first kappa shape index (κ1) is 53.2. The topological polar surface area (TPSA) is 195 Å². The smallest absolute Gasteiger partial charge is 0.329 e. The molecule has 64 heavy (non-hydrogen) atoms. The highest BCUT2D eigenvalue weighted by molar-refractivity contribution is 6.39. The fraction of sp³-hybridized carbons (Fsp3) is 0.740. The van der Waals surface area contributed by atoms with Crippen molar-refractivity contribution in [2.24, 2.45) is 35.5 Å².